The van der Waals surface area contributed by atoms with Crippen LogP contribution in [0.2, 0.25) is 0 Å². The maximum Gasteiger partial charge on any atom is 0.274 e. The lowest BCUT2D eigenvalue weighted by Crippen LogP contribution is -2.18. The van der Waals surface area contributed by atoms with E-state index in [-0.39, 0.29) is 17.5 Å². The van der Waals surface area contributed by atoms with Crippen molar-refractivity contribution >= 4 is 33.5 Å². The Morgan fingerprint density at radius 1 is 1.32 bits per heavy atom. The minimum Gasteiger partial charge on any atom is -0.320 e. The molecule has 0 aliphatic heterocycles. The van der Waals surface area contributed by atoms with E-state index in [1.165, 1.54) is 0 Å². The summed E-state index contributed by atoms with van der Waals surface area (Å²) in [4.78, 5) is 20.1. The molecule has 0 saturated carbocycles. The van der Waals surface area contributed by atoms with Gasteiger partial charge in [-0.3, -0.25) is 10.2 Å². The van der Waals surface area contributed by atoms with E-state index in [2.05, 4.69) is 36.6 Å². The van der Waals surface area contributed by atoms with Crippen LogP contribution in [0.15, 0.2) is 34.8 Å². The van der Waals surface area contributed by atoms with Crippen LogP contribution in [0.5, 0.6) is 0 Å². The molecular formula is C12H12BrN5O. The summed E-state index contributed by atoms with van der Waals surface area (Å²) in [5, 5.41) is 2.76. The van der Waals surface area contributed by atoms with Crippen molar-refractivity contribution in [3.8, 4) is 0 Å². The number of carbonyl (C=O) groups excluding carboxylic acids is 1. The normalized spacial score (nSPS) is 10.1. The number of halogens is 1. The summed E-state index contributed by atoms with van der Waals surface area (Å²) in [5.74, 6) is 5.13. The minimum absolute atomic E-state index is 0.206. The maximum atomic E-state index is 12.1. The number of aromatic nitrogens is 2. The Labute approximate surface area is 118 Å². The second kappa shape index (κ2) is 5.77. The predicted molar refractivity (Wildman–Crippen MR) is 76.7 cm³/mol. The molecule has 7 heteroatoms. The zero-order valence-electron chi connectivity index (χ0n) is 10.1. The number of nitrogens with zero attached hydrogens (tertiary/aromatic N) is 2. The molecule has 2 aromatic rings. The van der Waals surface area contributed by atoms with E-state index in [1.807, 2.05) is 18.2 Å². The molecule has 0 spiro atoms. The molecule has 98 valence electrons. The van der Waals surface area contributed by atoms with Crippen LogP contribution in [-0.2, 0) is 0 Å². The van der Waals surface area contributed by atoms with E-state index in [0.717, 1.165) is 4.47 Å². The Kier molecular flexibility index (Phi) is 4.08. The number of aryl methyl sites for hydroxylation is 1. The van der Waals surface area contributed by atoms with Gasteiger partial charge in [-0.1, -0.05) is 12.1 Å². The van der Waals surface area contributed by atoms with E-state index < -0.39 is 0 Å². The van der Waals surface area contributed by atoms with Crippen LogP contribution in [0.3, 0.4) is 0 Å². The average molecular weight is 322 g/mol. The van der Waals surface area contributed by atoms with E-state index in [9.17, 15) is 4.79 Å². The van der Waals surface area contributed by atoms with Crippen LogP contribution < -0.4 is 16.6 Å². The van der Waals surface area contributed by atoms with Gasteiger partial charge in [-0.05, 0) is 41.1 Å². The predicted octanol–water partition coefficient (Wildman–Crippen LogP) is 2.09. The molecule has 0 radical (unpaired) electrons. The van der Waals surface area contributed by atoms with Gasteiger partial charge in [0.25, 0.3) is 5.91 Å². The zero-order valence-corrected chi connectivity index (χ0v) is 11.7. The van der Waals surface area contributed by atoms with Crippen molar-refractivity contribution in [3.05, 3.63) is 46.2 Å². The van der Waals surface area contributed by atoms with E-state index in [4.69, 9.17) is 5.84 Å². The summed E-state index contributed by atoms with van der Waals surface area (Å²) in [6.07, 6.45) is 0. The number of amides is 1. The molecule has 1 aromatic carbocycles. The first kappa shape index (κ1) is 13.4. The Hall–Kier alpha value is -1.99. The van der Waals surface area contributed by atoms with Crippen molar-refractivity contribution in [2.75, 3.05) is 10.7 Å². The number of para-hydroxylation sites is 1. The molecule has 0 unspecified atom stereocenters. The Morgan fingerprint density at radius 3 is 2.74 bits per heavy atom. The molecule has 0 fully saturated rings. The molecule has 1 aromatic heterocycles. The van der Waals surface area contributed by atoms with E-state index in [1.54, 1.807) is 19.1 Å². The lowest BCUT2D eigenvalue weighted by Gasteiger charge is -2.08. The number of hydrogen-bond donors (Lipinski definition) is 3. The van der Waals surface area contributed by atoms with E-state index in [0.29, 0.717) is 11.4 Å². The summed E-state index contributed by atoms with van der Waals surface area (Å²) in [6, 6.07) is 8.92. The summed E-state index contributed by atoms with van der Waals surface area (Å²) in [6.45, 7) is 1.76. The first-order valence-electron chi connectivity index (χ1n) is 5.48. The van der Waals surface area contributed by atoms with Crippen molar-refractivity contribution in [1.29, 1.82) is 0 Å². The number of nitrogens with two attached hydrogens (primary N) is 1. The topological polar surface area (TPSA) is 92.9 Å². The van der Waals surface area contributed by atoms with Gasteiger partial charge < -0.3 is 5.32 Å². The fourth-order valence-electron chi connectivity index (χ4n) is 1.50. The van der Waals surface area contributed by atoms with Gasteiger partial charge in [0.1, 0.15) is 5.69 Å². The first-order chi connectivity index (χ1) is 9.10. The molecule has 0 aliphatic carbocycles. The van der Waals surface area contributed by atoms with Crippen LogP contribution in [0.4, 0.5) is 11.6 Å². The van der Waals surface area contributed by atoms with Crippen LogP contribution >= 0.6 is 15.9 Å². The largest absolute Gasteiger partial charge is 0.320 e. The fraction of sp³-hybridized carbons (Fsp3) is 0.0833. The molecular weight excluding hydrogens is 310 g/mol. The highest BCUT2D eigenvalue weighted by Gasteiger charge is 2.11. The smallest absolute Gasteiger partial charge is 0.274 e. The molecule has 0 atom stereocenters. The second-order valence-electron chi connectivity index (χ2n) is 3.80. The molecule has 0 saturated heterocycles. The van der Waals surface area contributed by atoms with Crippen LogP contribution in [0, 0.1) is 6.92 Å². The highest BCUT2D eigenvalue weighted by molar-refractivity contribution is 9.10. The molecule has 6 nitrogen and oxygen atoms in total. The number of hydrogen-bond acceptors (Lipinski definition) is 5. The summed E-state index contributed by atoms with van der Waals surface area (Å²) in [5.41, 5.74) is 3.90. The molecule has 0 aliphatic rings. The van der Waals surface area contributed by atoms with Crippen molar-refractivity contribution in [2.45, 2.75) is 6.92 Å². The number of carbonyl (C=O) groups is 1. The van der Waals surface area contributed by atoms with Crippen molar-refractivity contribution in [2.24, 2.45) is 5.84 Å². The standard InChI is InChI=1S/C12H12BrN5O/c1-7-6-10(17-12(15-7)18-14)11(19)16-9-5-3-2-4-8(9)13/h2-6H,14H2,1H3,(H,16,19)(H,15,17,18). The van der Waals surface area contributed by atoms with Gasteiger partial charge in [0.15, 0.2) is 0 Å². The fourth-order valence-corrected chi connectivity index (χ4v) is 1.88. The molecule has 1 amide bonds. The molecule has 4 N–H and O–H groups in total. The SMILES string of the molecule is Cc1cc(C(=O)Nc2ccccc2Br)nc(NN)n1. The lowest BCUT2D eigenvalue weighted by atomic mass is 10.3. The summed E-state index contributed by atoms with van der Waals surface area (Å²) in [7, 11) is 0. The highest BCUT2D eigenvalue weighted by atomic mass is 79.9. The monoisotopic (exact) mass is 321 g/mol. The third-order valence-electron chi connectivity index (χ3n) is 2.34. The first-order valence-corrected chi connectivity index (χ1v) is 6.27. The van der Waals surface area contributed by atoms with Crippen molar-refractivity contribution < 1.29 is 4.79 Å². The van der Waals surface area contributed by atoms with Gasteiger partial charge >= 0.3 is 0 Å². The molecule has 1 heterocycles. The number of benzene rings is 1. The molecule has 19 heavy (non-hydrogen) atoms. The van der Waals surface area contributed by atoms with Gasteiger partial charge in [-0.2, -0.15) is 0 Å². The van der Waals surface area contributed by atoms with Crippen molar-refractivity contribution in [1.82, 2.24) is 9.97 Å². The number of nitrogen functional groups attached to an aromatic ring is 1. The van der Waals surface area contributed by atoms with Gasteiger partial charge in [0.2, 0.25) is 5.95 Å². The third-order valence-corrected chi connectivity index (χ3v) is 3.03. The van der Waals surface area contributed by atoms with Gasteiger partial charge in [0.05, 0.1) is 5.69 Å². The molecule has 2 rings (SSSR count). The summed E-state index contributed by atoms with van der Waals surface area (Å²) >= 11 is 3.36. The third kappa shape index (κ3) is 3.27. The summed E-state index contributed by atoms with van der Waals surface area (Å²) < 4.78 is 0.798. The molecule has 0 bridgehead atoms. The van der Waals surface area contributed by atoms with Crippen LogP contribution in [0.1, 0.15) is 16.2 Å². The Morgan fingerprint density at radius 2 is 2.05 bits per heavy atom. The quantitative estimate of drug-likeness (QED) is 0.594. The Bertz CT molecular complexity index is 617. The highest BCUT2D eigenvalue weighted by Crippen LogP contribution is 2.21. The average Bonchev–Trinajstić information content (AvgIpc) is 2.40. The minimum atomic E-state index is -0.325. The maximum absolute atomic E-state index is 12.1. The number of nitrogens with one attached hydrogen (secondary N) is 2. The number of anilines is 2. The van der Waals surface area contributed by atoms with E-state index >= 15 is 0 Å². The van der Waals surface area contributed by atoms with Crippen molar-refractivity contribution in [3.63, 3.8) is 0 Å². The number of hydrazine groups is 1. The Balaban J connectivity index is 2.25. The van der Waals surface area contributed by atoms with Gasteiger partial charge in [0, 0.05) is 10.2 Å². The lowest BCUT2D eigenvalue weighted by molar-refractivity contribution is 0.102. The zero-order chi connectivity index (χ0) is 13.8. The second-order valence-corrected chi connectivity index (χ2v) is 4.65. The van der Waals surface area contributed by atoms with Gasteiger partial charge in [-0.25, -0.2) is 15.8 Å². The van der Waals surface area contributed by atoms with Gasteiger partial charge in [-0.15, -0.1) is 0 Å². The van der Waals surface area contributed by atoms with Crippen LogP contribution in [-0.4, -0.2) is 15.9 Å². The number of rotatable bonds is 3. The van der Waals surface area contributed by atoms with Crippen LogP contribution in [0.25, 0.3) is 0 Å².